The fourth-order valence-electron chi connectivity index (χ4n) is 2.89. The van der Waals surface area contributed by atoms with E-state index in [2.05, 4.69) is 20.8 Å². The lowest BCUT2D eigenvalue weighted by Crippen LogP contribution is -2.31. The molecule has 1 fully saturated rings. The number of likely N-dealkylation sites (N-methyl/N-ethyl adjacent to an activating group) is 1. The molecule has 3 rings (SSSR count). The summed E-state index contributed by atoms with van der Waals surface area (Å²) < 4.78 is 22.1. The molecule has 0 amide bonds. The maximum atomic E-state index is 5.58. The lowest BCUT2D eigenvalue weighted by atomic mass is 9.95. The van der Waals surface area contributed by atoms with Gasteiger partial charge >= 0.3 is 0 Å². The van der Waals surface area contributed by atoms with Crippen LogP contribution in [0.3, 0.4) is 0 Å². The summed E-state index contributed by atoms with van der Waals surface area (Å²) >= 11 is 0. The Bertz CT molecular complexity index is 782. The van der Waals surface area contributed by atoms with E-state index in [4.69, 9.17) is 28.9 Å². The first-order chi connectivity index (χ1) is 12.3. The normalized spacial score (nSPS) is 15.5. The van der Waals surface area contributed by atoms with Crippen LogP contribution >= 0.6 is 0 Å². The van der Waals surface area contributed by atoms with Gasteiger partial charge in [0.15, 0.2) is 17.8 Å². The van der Waals surface area contributed by atoms with Crippen molar-refractivity contribution < 1.29 is 18.9 Å². The van der Waals surface area contributed by atoms with Crippen LogP contribution in [-0.2, 0) is 14.9 Å². The maximum Gasteiger partial charge on any atom is 0.175 e. The van der Waals surface area contributed by atoms with Gasteiger partial charge in [0.05, 0.1) is 39.5 Å². The van der Waals surface area contributed by atoms with Gasteiger partial charge in [-0.3, -0.25) is 0 Å². The number of hydrogen-bond donors (Lipinski definition) is 0. The van der Waals surface area contributed by atoms with Crippen LogP contribution in [0.5, 0.6) is 11.5 Å². The van der Waals surface area contributed by atoms with Gasteiger partial charge in [-0.1, -0.05) is 20.8 Å². The molecule has 1 aliphatic heterocycles. The molecule has 1 aromatic heterocycles. The predicted octanol–water partition coefficient (Wildman–Crippen LogP) is 2.75. The number of nitrogens with zero attached hydrogens (tertiary/aromatic N) is 3. The summed E-state index contributed by atoms with van der Waals surface area (Å²) in [6.45, 7) is 8.14. The van der Waals surface area contributed by atoms with Crippen LogP contribution in [0.1, 0.15) is 26.6 Å². The highest BCUT2D eigenvalue weighted by atomic mass is 16.7. The van der Waals surface area contributed by atoms with E-state index in [9.17, 15) is 0 Å². The van der Waals surface area contributed by atoms with E-state index in [0.717, 1.165) is 22.5 Å². The molecule has 0 unspecified atom stereocenters. The van der Waals surface area contributed by atoms with E-state index >= 15 is 0 Å². The minimum Gasteiger partial charge on any atom is -0.493 e. The van der Waals surface area contributed by atoms with Crippen molar-refractivity contribution in [1.82, 2.24) is 9.97 Å². The number of rotatable bonds is 5. The largest absolute Gasteiger partial charge is 0.493 e. The topological polar surface area (TPSA) is 65.9 Å². The molecule has 1 aliphatic rings. The Morgan fingerprint density at radius 1 is 1.08 bits per heavy atom. The second-order valence-corrected chi connectivity index (χ2v) is 7.40. The summed E-state index contributed by atoms with van der Waals surface area (Å²) in [7, 11) is 5.23. The molecule has 2 aromatic rings. The molecule has 0 aliphatic carbocycles. The summed E-state index contributed by atoms with van der Waals surface area (Å²) in [5, 5.41) is 0.899. The Morgan fingerprint density at radius 2 is 1.69 bits per heavy atom. The third kappa shape index (κ3) is 3.68. The predicted molar refractivity (Wildman–Crippen MR) is 100 cm³/mol. The third-order valence-electron chi connectivity index (χ3n) is 4.33. The van der Waals surface area contributed by atoms with Crippen molar-refractivity contribution in [3.8, 4) is 11.5 Å². The molecular formula is C19H27N3O4. The fraction of sp³-hybridized carbons (Fsp3) is 0.579. The van der Waals surface area contributed by atoms with E-state index in [1.54, 1.807) is 14.2 Å². The van der Waals surface area contributed by atoms with Crippen molar-refractivity contribution in [3.63, 3.8) is 0 Å². The minimum atomic E-state index is -0.247. The smallest absolute Gasteiger partial charge is 0.175 e. The van der Waals surface area contributed by atoms with Crippen LogP contribution < -0.4 is 14.4 Å². The van der Waals surface area contributed by atoms with Crippen LogP contribution in [0.25, 0.3) is 10.9 Å². The molecule has 142 valence electrons. The molecule has 0 atom stereocenters. The van der Waals surface area contributed by atoms with Crippen molar-refractivity contribution in [2.45, 2.75) is 32.5 Å². The molecule has 0 N–H and O–H groups in total. The fourth-order valence-corrected chi connectivity index (χ4v) is 2.89. The van der Waals surface area contributed by atoms with Crippen LogP contribution in [0.2, 0.25) is 0 Å². The lowest BCUT2D eigenvalue weighted by Gasteiger charge is -2.25. The SMILES string of the molecule is COc1cc2nc(C(C)(C)C)nc(N(C)CC3OCCO3)c2cc1OC. The third-order valence-corrected chi connectivity index (χ3v) is 4.33. The van der Waals surface area contributed by atoms with Crippen molar-refractivity contribution in [1.29, 1.82) is 0 Å². The van der Waals surface area contributed by atoms with Crippen LogP contribution in [-0.4, -0.2) is 57.3 Å². The zero-order chi connectivity index (χ0) is 18.9. The number of hydrogen-bond acceptors (Lipinski definition) is 7. The Kier molecular flexibility index (Phi) is 5.20. The summed E-state index contributed by atoms with van der Waals surface area (Å²) in [4.78, 5) is 11.7. The van der Waals surface area contributed by atoms with Gasteiger partial charge in [0, 0.05) is 23.9 Å². The highest BCUT2D eigenvalue weighted by molar-refractivity contribution is 5.92. The molecule has 0 saturated carbocycles. The summed E-state index contributed by atoms with van der Waals surface area (Å²) in [5.74, 6) is 2.89. The molecule has 26 heavy (non-hydrogen) atoms. The number of ether oxygens (including phenoxy) is 4. The van der Waals surface area contributed by atoms with E-state index in [-0.39, 0.29) is 11.7 Å². The van der Waals surface area contributed by atoms with E-state index in [1.165, 1.54) is 0 Å². The monoisotopic (exact) mass is 361 g/mol. The van der Waals surface area contributed by atoms with Crippen LogP contribution in [0.4, 0.5) is 5.82 Å². The van der Waals surface area contributed by atoms with Gasteiger partial charge < -0.3 is 23.8 Å². The number of methoxy groups -OCH3 is 2. The van der Waals surface area contributed by atoms with Gasteiger partial charge in [0.2, 0.25) is 0 Å². The van der Waals surface area contributed by atoms with Gasteiger partial charge in [-0.2, -0.15) is 0 Å². The molecule has 1 aromatic carbocycles. The quantitative estimate of drug-likeness (QED) is 0.811. The Labute approximate surface area is 154 Å². The first-order valence-electron chi connectivity index (χ1n) is 8.72. The maximum absolute atomic E-state index is 5.58. The molecule has 2 heterocycles. The van der Waals surface area contributed by atoms with Gasteiger partial charge in [0.25, 0.3) is 0 Å². The van der Waals surface area contributed by atoms with Crippen molar-refractivity contribution >= 4 is 16.7 Å². The molecule has 0 bridgehead atoms. The zero-order valence-electron chi connectivity index (χ0n) is 16.3. The van der Waals surface area contributed by atoms with Crippen molar-refractivity contribution in [2.75, 3.05) is 45.9 Å². The van der Waals surface area contributed by atoms with E-state index in [0.29, 0.717) is 31.3 Å². The van der Waals surface area contributed by atoms with Crippen molar-refractivity contribution in [3.05, 3.63) is 18.0 Å². The van der Waals surface area contributed by atoms with Gasteiger partial charge in [-0.05, 0) is 6.07 Å². The highest BCUT2D eigenvalue weighted by Gasteiger charge is 2.25. The van der Waals surface area contributed by atoms with Crippen LogP contribution in [0.15, 0.2) is 12.1 Å². The molecule has 7 heteroatoms. The summed E-state index contributed by atoms with van der Waals surface area (Å²) in [6.07, 6.45) is -0.247. The number of aromatic nitrogens is 2. The minimum absolute atomic E-state index is 0.183. The first-order valence-corrected chi connectivity index (χ1v) is 8.72. The van der Waals surface area contributed by atoms with Crippen LogP contribution in [0, 0.1) is 0 Å². The summed E-state index contributed by atoms with van der Waals surface area (Å²) in [6, 6.07) is 3.81. The van der Waals surface area contributed by atoms with Gasteiger partial charge in [-0.15, -0.1) is 0 Å². The molecule has 1 saturated heterocycles. The van der Waals surface area contributed by atoms with Crippen molar-refractivity contribution in [2.24, 2.45) is 0 Å². The van der Waals surface area contributed by atoms with Gasteiger partial charge in [-0.25, -0.2) is 9.97 Å². The Hall–Kier alpha value is -2.12. The average Bonchev–Trinajstić information content (AvgIpc) is 3.11. The zero-order valence-corrected chi connectivity index (χ0v) is 16.3. The second-order valence-electron chi connectivity index (χ2n) is 7.40. The Balaban J connectivity index is 2.13. The highest BCUT2D eigenvalue weighted by Crippen LogP contribution is 2.36. The summed E-state index contributed by atoms with van der Waals surface area (Å²) in [5.41, 5.74) is 0.634. The Morgan fingerprint density at radius 3 is 2.27 bits per heavy atom. The molecular weight excluding hydrogens is 334 g/mol. The number of fused-ring (bicyclic) bond motifs is 1. The van der Waals surface area contributed by atoms with E-state index < -0.39 is 0 Å². The molecule has 0 spiro atoms. The number of anilines is 1. The lowest BCUT2D eigenvalue weighted by molar-refractivity contribution is -0.0336. The molecule has 7 nitrogen and oxygen atoms in total. The standard InChI is InChI=1S/C19H27N3O4/c1-19(2,3)18-20-13-10-15(24-6)14(23-5)9-12(13)17(21-18)22(4)11-16-25-7-8-26-16/h9-10,16H,7-8,11H2,1-6H3. The first kappa shape index (κ1) is 18.7. The van der Waals surface area contributed by atoms with Gasteiger partial charge in [0.1, 0.15) is 11.6 Å². The number of benzene rings is 1. The molecule has 0 radical (unpaired) electrons. The average molecular weight is 361 g/mol. The second kappa shape index (κ2) is 7.25. The van der Waals surface area contributed by atoms with E-state index in [1.807, 2.05) is 24.1 Å².